The second kappa shape index (κ2) is 8.73. The van der Waals surface area contributed by atoms with Crippen LogP contribution in [0.5, 0.6) is 0 Å². The van der Waals surface area contributed by atoms with Gasteiger partial charge in [0.05, 0.1) is 17.3 Å². The Labute approximate surface area is 179 Å². The number of benzene rings is 2. The number of carboxylic acids is 1. The first-order chi connectivity index (χ1) is 14.5. The number of carbonyl (C=O) groups excluding carboxylic acids is 1. The number of alkyl halides is 3. The number of carbonyl (C=O) groups is 2. The van der Waals surface area contributed by atoms with Crippen LogP contribution in [0.25, 0.3) is 0 Å². The fourth-order valence-corrected chi connectivity index (χ4v) is 4.07. The summed E-state index contributed by atoms with van der Waals surface area (Å²) in [5.41, 5.74) is 1.48. The number of halogens is 3. The van der Waals surface area contributed by atoms with Crippen LogP contribution in [0.2, 0.25) is 0 Å². The molecule has 3 rings (SSSR count). The van der Waals surface area contributed by atoms with Gasteiger partial charge in [0.25, 0.3) is 0 Å². The molecule has 0 saturated heterocycles. The maximum Gasteiger partial charge on any atom is 0.392 e. The minimum Gasteiger partial charge on any atom is -0.481 e. The molecule has 166 valence electrons. The summed E-state index contributed by atoms with van der Waals surface area (Å²) in [6.07, 6.45) is -2.16. The van der Waals surface area contributed by atoms with Crippen LogP contribution in [0.4, 0.5) is 18.9 Å². The number of anilines is 1. The first-order valence-electron chi connectivity index (χ1n) is 10.3. The third kappa shape index (κ3) is 5.09. The van der Waals surface area contributed by atoms with Crippen molar-refractivity contribution in [1.29, 1.82) is 0 Å². The second-order valence-electron chi connectivity index (χ2n) is 8.52. The quantitative estimate of drug-likeness (QED) is 0.588. The number of amides is 1. The molecule has 1 aliphatic carbocycles. The Morgan fingerprint density at radius 2 is 1.77 bits per heavy atom. The van der Waals surface area contributed by atoms with E-state index in [1.807, 2.05) is 6.92 Å². The average molecular weight is 433 g/mol. The second-order valence-corrected chi connectivity index (χ2v) is 8.52. The number of rotatable bonds is 7. The molecule has 2 N–H and O–H groups in total. The van der Waals surface area contributed by atoms with Gasteiger partial charge in [-0.05, 0) is 49.4 Å². The van der Waals surface area contributed by atoms with E-state index in [-0.39, 0.29) is 0 Å². The van der Waals surface area contributed by atoms with Gasteiger partial charge in [-0.1, -0.05) is 55.3 Å². The van der Waals surface area contributed by atoms with Crippen LogP contribution in [0, 0.1) is 18.3 Å². The maximum absolute atomic E-state index is 13.5. The molecule has 1 aliphatic rings. The first-order valence-corrected chi connectivity index (χ1v) is 10.3. The normalized spacial score (nSPS) is 17.3. The van der Waals surface area contributed by atoms with Crippen LogP contribution in [0.3, 0.4) is 0 Å². The monoisotopic (exact) mass is 433 g/mol. The summed E-state index contributed by atoms with van der Waals surface area (Å²) in [7, 11) is 0. The number of hydrogen-bond donors (Lipinski definition) is 2. The maximum atomic E-state index is 13.5. The van der Waals surface area contributed by atoms with E-state index in [1.165, 1.54) is 0 Å². The Balaban J connectivity index is 1.83. The highest BCUT2D eigenvalue weighted by molar-refractivity contribution is 5.96. The molecule has 0 heterocycles. The molecule has 0 spiro atoms. The van der Waals surface area contributed by atoms with Gasteiger partial charge in [-0.3, -0.25) is 9.59 Å². The Hall–Kier alpha value is -2.83. The molecule has 2 aromatic carbocycles. The van der Waals surface area contributed by atoms with Crippen molar-refractivity contribution < 1.29 is 27.9 Å². The van der Waals surface area contributed by atoms with Crippen molar-refractivity contribution in [3.8, 4) is 0 Å². The van der Waals surface area contributed by atoms with Gasteiger partial charge in [-0.15, -0.1) is 0 Å². The zero-order valence-electron chi connectivity index (χ0n) is 17.5. The van der Waals surface area contributed by atoms with E-state index in [9.17, 15) is 27.9 Å². The van der Waals surface area contributed by atoms with Crippen molar-refractivity contribution in [3.63, 3.8) is 0 Å². The van der Waals surface area contributed by atoms with Gasteiger partial charge < -0.3 is 10.4 Å². The van der Waals surface area contributed by atoms with E-state index in [2.05, 4.69) is 5.32 Å². The lowest BCUT2D eigenvalue weighted by molar-refractivity contribution is -0.178. The highest BCUT2D eigenvalue weighted by atomic mass is 19.4. The molecular formula is C24H26F3NO3. The Morgan fingerprint density at radius 3 is 2.29 bits per heavy atom. The van der Waals surface area contributed by atoms with Gasteiger partial charge in [0.15, 0.2) is 0 Å². The summed E-state index contributed by atoms with van der Waals surface area (Å²) in [6.45, 7) is 2.83. The molecule has 2 unspecified atom stereocenters. The number of hydrogen-bond acceptors (Lipinski definition) is 2. The number of nitrogens with one attached hydrogen (secondary N) is 1. The van der Waals surface area contributed by atoms with E-state index < -0.39 is 35.3 Å². The molecule has 0 radical (unpaired) electrons. The molecule has 1 saturated carbocycles. The van der Waals surface area contributed by atoms with Gasteiger partial charge in [-0.2, -0.15) is 13.2 Å². The topological polar surface area (TPSA) is 66.4 Å². The molecule has 0 bridgehead atoms. The number of aliphatic carboxylic acids is 1. The molecule has 2 atom stereocenters. The van der Waals surface area contributed by atoms with Gasteiger partial charge in [0.1, 0.15) is 0 Å². The number of carboxylic acid groups (broad SMARTS) is 1. The van der Waals surface area contributed by atoms with Crippen LogP contribution >= 0.6 is 0 Å². The lowest BCUT2D eigenvalue weighted by atomic mass is 9.65. The molecule has 1 fully saturated rings. The Morgan fingerprint density at radius 1 is 1.13 bits per heavy atom. The van der Waals surface area contributed by atoms with E-state index in [0.717, 1.165) is 24.5 Å². The van der Waals surface area contributed by atoms with Crippen LogP contribution in [0.15, 0.2) is 48.5 Å². The van der Waals surface area contributed by atoms with Crippen LogP contribution in [-0.4, -0.2) is 23.2 Å². The highest BCUT2D eigenvalue weighted by Crippen LogP contribution is 2.44. The van der Waals surface area contributed by atoms with Crippen molar-refractivity contribution >= 4 is 17.6 Å². The van der Waals surface area contributed by atoms with Crippen molar-refractivity contribution in [1.82, 2.24) is 0 Å². The van der Waals surface area contributed by atoms with Crippen molar-refractivity contribution in [2.45, 2.75) is 51.6 Å². The SMILES string of the molecule is Cc1ccc(C(C(=O)Nc2cccc(CC3(C(=O)O)CCC3)c2)C(C)C(F)(F)F)cc1. The predicted octanol–water partition coefficient (Wildman–Crippen LogP) is 5.71. The zero-order valence-corrected chi connectivity index (χ0v) is 17.5. The minimum absolute atomic E-state index is 0.295. The third-order valence-corrected chi connectivity index (χ3v) is 6.24. The van der Waals surface area contributed by atoms with Gasteiger partial charge in [0, 0.05) is 5.69 Å². The molecule has 31 heavy (non-hydrogen) atoms. The largest absolute Gasteiger partial charge is 0.481 e. The Kier molecular flexibility index (Phi) is 6.43. The number of aryl methyl sites for hydroxylation is 1. The molecule has 0 aliphatic heterocycles. The summed E-state index contributed by atoms with van der Waals surface area (Å²) in [5, 5.41) is 12.2. The van der Waals surface area contributed by atoms with Crippen molar-refractivity contribution in [2.24, 2.45) is 11.3 Å². The van der Waals surface area contributed by atoms with Gasteiger partial charge in [-0.25, -0.2) is 0 Å². The van der Waals surface area contributed by atoms with E-state index in [4.69, 9.17) is 0 Å². The molecule has 7 heteroatoms. The fourth-order valence-electron chi connectivity index (χ4n) is 4.07. The highest BCUT2D eigenvalue weighted by Gasteiger charge is 2.45. The average Bonchev–Trinajstić information content (AvgIpc) is 2.65. The van der Waals surface area contributed by atoms with Crippen LogP contribution < -0.4 is 5.32 Å². The van der Waals surface area contributed by atoms with Crippen LogP contribution in [-0.2, 0) is 16.0 Å². The molecule has 1 amide bonds. The summed E-state index contributed by atoms with van der Waals surface area (Å²) in [6, 6.07) is 13.1. The molecule has 4 nitrogen and oxygen atoms in total. The minimum atomic E-state index is -4.53. The molecule has 2 aromatic rings. The fraction of sp³-hybridized carbons (Fsp3) is 0.417. The Bertz CT molecular complexity index is 949. The van der Waals surface area contributed by atoms with Crippen molar-refractivity contribution in [3.05, 3.63) is 65.2 Å². The van der Waals surface area contributed by atoms with E-state index in [1.54, 1.807) is 48.5 Å². The summed E-state index contributed by atoms with van der Waals surface area (Å²) in [5.74, 6) is -4.86. The lowest BCUT2D eigenvalue weighted by Gasteiger charge is -2.37. The van der Waals surface area contributed by atoms with E-state index in [0.29, 0.717) is 30.5 Å². The van der Waals surface area contributed by atoms with Crippen LogP contribution in [0.1, 0.15) is 48.8 Å². The zero-order chi connectivity index (χ0) is 22.8. The summed E-state index contributed by atoms with van der Waals surface area (Å²) in [4.78, 5) is 24.6. The predicted molar refractivity (Wildman–Crippen MR) is 112 cm³/mol. The molecular weight excluding hydrogens is 407 g/mol. The van der Waals surface area contributed by atoms with Gasteiger partial charge >= 0.3 is 12.1 Å². The smallest absolute Gasteiger partial charge is 0.392 e. The first kappa shape index (κ1) is 22.8. The van der Waals surface area contributed by atoms with Gasteiger partial charge in [0.2, 0.25) is 5.91 Å². The lowest BCUT2D eigenvalue weighted by Crippen LogP contribution is -2.39. The summed E-state index contributed by atoms with van der Waals surface area (Å²) >= 11 is 0. The summed E-state index contributed by atoms with van der Waals surface area (Å²) < 4.78 is 40.5. The standard InChI is InChI=1S/C24H26F3NO3/c1-15-7-9-18(10-8-15)20(16(2)24(25,26)27)21(29)28-19-6-3-5-17(13-19)14-23(22(30)31)11-4-12-23/h3,5-10,13,16,20H,4,11-12,14H2,1-2H3,(H,28,29)(H,30,31). The molecule has 0 aromatic heterocycles. The van der Waals surface area contributed by atoms with Crippen molar-refractivity contribution in [2.75, 3.05) is 5.32 Å². The third-order valence-electron chi connectivity index (χ3n) is 6.24. The van der Waals surface area contributed by atoms with E-state index >= 15 is 0 Å².